The van der Waals surface area contributed by atoms with Gasteiger partial charge in [-0.1, -0.05) is 42.5 Å². The number of fused-ring (bicyclic) bond motifs is 1. The Morgan fingerprint density at radius 1 is 1.20 bits per heavy atom. The Hall–Kier alpha value is -2.62. The summed E-state index contributed by atoms with van der Waals surface area (Å²) in [7, 11) is 2.04. The van der Waals surface area contributed by atoms with Crippen LogP contribution in [-0.4, -0.2) is 33.4 Å². The van der Waals surface area contributed by atoms with Gasteiger partial charge in [-0.3, -0.25) is 4.79 Å². The fraction of sp³-hybridized carbons (Fsp3) is 0.333. The minimum atomic E-state index is 0.212. The molecule has 1 amide bonds. The Morgan fingerprint density at radius 2 is 2.00 bits per heavy atom. The van der Waals surface area contributed by atoms with Gasteiger partial charge in [0, 0.05) is 32.3 Å². The topological polar surface area (TPSA) is 38.1 Å². The molecule has 1 aromatic heterocycles. The normalized spacial score (nSPS) is 17.4. The lowest BCUT2D eigenvalue weighted by molar-refractivity contribution is -0.129. The smallest absolute Gasteiger partial charge is 0.227 e. The summed E-state index contributed by atoms with van der Waals surface area (Å²) >= 11 is 0. The number of aromatic nitrogens is 2. The summed E-state index contributed by atoms with van der Waals surface area (Å²) in [5, 5.41) is 2.40. The molecule has 1 fully saturated rings. The molecule has 4 heteroatoms. The Kier molecular flexibility index (Phi) is 4.04. The second-order valence-electron chi connectivity index (χ2n) is 7.04. The quantitative estimate of drug-likeness (QED) is 0.736. The molecule has 0 saturated carbocycles. The molecule has 0 N–H and O–H groups in total. The molecule has 1 unspecified atom stereocenters. The van der Waals surface area contributed by atoms with Crippen molar-refractivity contribution in [1.29, 1.82) is 0 Å². The van der Waals surface area contributed by atoms with Gasteiger partial charge in [-0.25, -0.2) is 4.98 Å². The Labute approximate surface area is 148 Å². The fourth-order valence-electron chi connectivity index (χ4n) is 3.85. The van der Waals surface area contributed by atoms with E-state index in [9.17, 15) is 4.79 Å². The highest BCUT2D eigenvalue weighted by Crippen LogP contribution is 2.27. The second-order valence-corrected chi connectivity index (χ2v) is 7.04. The zero-order valence-corrected chi connectivity index (χ0v) is 14.8. The second kappa shape index (κ2) is 6.36. The van der Waals surface area contributed by atoms with Crippen LogP contribution in [0, 0.1) is 6.92 Å². The van der Waals surface area contributed by atoms with Gasteiger partial charge in [0.05, 0.1) is 12.1 Å². The number of benzene rings is 2. The molecule has 1 saturated heterocycles. The number of amides is 1. The van der Waals surface area contributed by atoms with E-state index in [0.29, 0.717) is 12.3 Å². The first-order valence-corrected chi connectivity index (χ1v) is 8.85. The Balaban J connectivity index is 1.45. The SMILES string of the molecule is Cc1cn(C)c(C2CCN(C(=O)Cc3ccc4ccccc4c3)C2)n1. The minimum Gasteiger partial charge on any atom is -0.342 e. The molecule has 3 aromatic rings. The number of carbonyl (C=O) groups is 1. The third-order valence-corrected chi connectivity index (χ3v) is 5.11. The van der Waals surface area contributed by atoms with Gasteiger partial charge in [-0.05, 0) is 29.7 Å². The number of likely N-dealkylation sites (tertiary alicyclic amines) is 1. The highest BCUT2D eigenvalue weighted by atomic mass is 16.2. The molecule has 128 valence electrons. The molecule has 0 spiro atoms. The Bertz CT molecular complexity index is 928. The van der Waals surface area contributed by atoms with Crippen molar-refractivity contribution in [1.82, 2.24) is 14.5 Å². The molecule has 25 heavy (non-hydrogen) atoms. The minimum absolute atomic E-state index is 0.212. The van der Waals surface area contributed by atoms with Crippen molar-refractivity contribution < 1.29 is 4.79 Å². The molecule has 0 radical (unpaired) electrons. The van der Waals surface area contributed by atoms with E-state index >= 15 is 0 Å². The molecule has 4 rings (SSSR count). The first-order chi connectivity index (χ1) is 12.1. The number of rotatable bonds is 3. The van der Waals surface area contributed by atoms with E-state index in [0.717, 1.165) is 36.6 Å². The molecule has 1 aliphatic heterocycles. The van der Waals surface area contributed by atoms with Gasteiger partial charge in [0.1, 0.15) is 5.82 Å². The van der Waals surface area contributed by atoms with Crippen molar-refractivity contribution in [3.8, 4) is 0 Å². The molecule has 1 atom stereocenters. The van der Waals surface area contributed by atoms with Crippen LogP contribution in [0.4, 0.5) is 0 Å². The summed E-state index contributed by atoms with van der Waals surface area (Å²) in [6.45, 7) is 3.61. The van der Waals surface area contributed by atoms with Crippen LogP contribution >= 0.6 is 0 Å². The number of aryl methyl sites for hydroxylation is 2. The number of hydrogen-bond donors (Lipinski definition) is 0. The summed E-state index contributed by atoms with van der Waals surface area (Å²) in [6, 6.07) is 14.6. The third-order valence-electron chi connectivity index (χ3n) is 5.11. The van der Waals surface area contributed by atoms with Crippen molar-refractivity contribution in [3.05, 3.63) is 65.7 Å². The zero-order chi connectivity index (χ0) is 17.4. The molecule has 2 aromatic carbocycles. The zero-order valence-electron chi connectivity index (χ0n) is 14.8. The average molecular weight is 333 g/mol. The summed E-state index contributed by atoms with van der Waals surface area (Å²) in [6.07, 6.45) is 3.51. The predicted molar refractivity (Wildman–Crippen MR) is 99.5 cm³/mol. The van der Waals surface area contributed by atoms with Crippen LogP contribution < -0.4 is 0 Å². The average Bonchev–Trinajstić information content (AvgIpc) is 3.21. The number of carbonyl (C=O) groups excluding carboxylic acids is 1. The number of imidazole rings is 1. The van der Waals surface area contributed by atoms with E-state index in [4.69, 9.17) is 0 Å². The highest BCUT2D eigenvalue weighted by molar-refractivity contribution is 5.85. The van der Waals surface area contributed by atoms with E-state index < -0.39 is 0 Å². The molecule has 0 bridgehead atoms. The van der Waals surface area contributed by atoms with Crippen LogP contribution in [-0.2, 0) is 18.3 Å². The molecule has 1 aliphatic rings. The largest absolute Gasteiger partial charge is 0.342 e. The van der Waals surface area contributed by atoms with Gasteiger partial charge >= 0.3 is 0 Å². The number of nitrogens with zero attached hydrogens (tertiary/aromatic N) is 3. The molecule has 4 nitrogen and oxygen atoms in total. The van der Waals surface area contributed by atoms with Crippen molar-refractivity contribution >= 4 is 16.7 Å². The lowest BCUT2D eigenvalue weighted by Crippen LogP contribution is -2.30. The van der Waals surface area contributed by atoms with Crippen LogP contribution in [0.2, 0.25) is 0 Å². The van der Waals surface area contributed by atoms with Crippen molar-refractivity contribution in [2.45, 2.75) is 25.7 Å². The van der Waals surface area contributed by atoms with E-state index in [1.807, 2.05) is 31.0 Å². The van der Waals surface area contributed by atoms with Gasteiger partial charge in [0.25, 0.3) is 0 Å². The van der Waals surface area contributed by atoms with E-state index in [1.165, 1.54) is 10.8 Å². The Morgan fingerprint density at radius 3 is 2.76 bits per heavy atom. The molecule has 2 heterocycles. The molecular formula is C21H23N3O. The van der Waals surface area contributed by atoms with Crippen LogP contribution in [0.25, 0.3) is 10.8 Å². The first-order valence-electron chi connectivity index (χ1n) is 8.85. The van der Waals surface area contributed by atoms with Gasteiger partial charge in [0.15, 0.2) is 0 Å². The van der Waals surface area contributed by atoms with Gasteiger partial charge < -0.3 is 9.47 Å². The van der Waals surface area contributed by atoms with Crippen molar-refractivity contribution in [2.24, 2.45) is 7.05 Å². The lowest BCUT2D eigenvalue weighted by Gasteiger charge is -2.17. The predicted octanol–water partition coefficient (Wildman–Crippen LogP) is 3.44. The van der Waals surface area contributed by atoms with Crippen LogP contribution in [0.15, 0.2) is 48.7 Å². The lowest BCUT2D eigenvalue weighted by atomic mass is 10.0. The standard InChI is InChI=1S/C21H23N3O/c1-15-13-23(2)21(22-15)19-9-10-24(14-19)20(25)12-16-7-8-17-5-3-4-6-18(17)11-16/h3-8,11,13,19H,9-10,12,14H2,1-2H3. The van der Waals surface area contributed by atoms with Crippen molar-refractivity contribution in [3.63, 3.8) is 0 Å². The monoisotopic (exact) mass is 333 g/mol. The fourth-order valence-corrected chi connectivity index (χ4v) is 3.85. The van der Waals surface area contributed by atoms with Gasteiger partial charge in [-0.2, -0.15) is 0 Å². The maximum absolute atomic E-state index is 12.7. The highest BCUT2D eigenvalue weighted by Gasteiger charge is 2.29. The first kappa shape index (κ1) is 15.9. The molecule has 0 aliphatic carbocycles. The number of hydrogen-bond acceptors (Lipinski definition) is 2. The van der Waals surface area contributed by atoms with Gasteiger partial charge in [0.2, 0.25) is 5.91 Å². The van der Waals surface area contributed by atoms with E-state index in [1.54, 1.807) is 0 Å². The van der Waals surface area contributed by atoms with Crippen molar-refractivity contribution in [2.75, 3.05) is 13.1 Å². The van der Waals surface area contributed by atoms with Crippen LogP contribution in [0.3, 0.4) is 0 Å². The van der Waals surface area contributed by atoms with Crippen LogP contribution in [0.1, 0.15) is 29.4 Å². The van der Waals surface area contributed by atoms with E-state index in [2.05, 4.69) is 46.1 Å². The summed E-state index contributed by atoms with van der Waals surface area (Å²) in [5.41, 5.74) is 2.12. The molecular weight excluding hydrogens is 310 g/mol. The third kappa shape index (κ3) is 3.16. The maximum Gasteiger partial charge on any atom is 0.227 e. The summed E-state index contributed by atoms with van der Waals surface area (Å²) in [5.74, 6) is 1.65. The van der Waals surface area contributed by atoms with Crippen LogP contribution in [0.5, 0.6) is 0 Å². The van der Waals surface area contributed by atoms with Gasteiger partial charge in [-0.15, -0.1) is 0 Å². The van der Waals surface area contributed by atoms with E-state index in [-0.39, 0.29) is 5.91 Å². The summed E-state index contributed by atoms with van der Waals surface area (Å²) in [4.78, 5) is 19.3. The maximum atomic E-state index is 12.7. The summed E-state index contributed by atoms with van der Waals surface area (Å²) < 4.78 is 2.09.